The third kappa shape index (κ3) is 7.08. The van der Waals surface area contributed by atoms with E-state index in [1.54, 1.807) is 23.5 Å². The molecule has 7 nitrogen and oxygen atoms in total. The summed E-state index contributed by atoms with van der Waals surface area (Å²) in [5.74, 6) is 1.57. The summed E-state index contributed by atoms with van der Waals surface area (Å²) in [6, 6.07) is 7.12. The quantitative estimate of drug-likeness (QED) is 0.227. The monoisotopic (exact) mass is 536 g/mol. The van der Waals surface area contributed by atoms with Crippen molar-refractivity contribution < 1.29 is 13.2 Å². The molecule has 1 aromatic carbocycles. The third-order valence-electron chi connectivity index (χ3n) is 5.27. The number of guanidine groups is 1. The topological polar surface area (TPSA) is 74.2 Å². The summed E-state index contributed by atoms with van der Waals surface area (Å²) >= 11 is 0. The number of hydrogen-bond donors (Lipinski definition) is 1. The second-order valence-electron chi connectivity index (χ2n) is 7.60. The molecule has 1 saturated carbocycles. The number of aliphatic imine (C=N–C) groups is 1. The maximum Gasteiger partial charge on any atom is 0.243 e. The number of likely N-dealkylation sites (N-methyl/N-ethyl adjacent to an activating group) is 1. The van der Waals surface area contributed by atoms with Gasteiger partial charge in [-0.1, -0.05) is 12.1 Å². The molecule has 29 heavy (non-hydrogen) atoms. The molecule has 1 N–H and O–H groups in total. The van der Waals surface area contributed by atoms with Gasteiger partial charge in [-0.3, -0.25) is 4.99 Å². The van der Waals surface area contributed by atoms with Crippen LogP contribution < -0.4 is 5.32 Å². The molecule has 2 aliphatic rings. The largest absolute Gasteiger partial charge is 0.379 e. The summed E-state index contributed by atoms with van der Waals surface area (Å²) < 4.78 is 32.4. The Morgan fingerprint density at radius 1 is 1.24 bits per heavy atom. The van der Waals surface area contributed by atoms with E-state index >= 15 is 0 Å². The minimum Gasteiger partial charge on any atom is -0.379 e. The minimum absolute atomic E-state index is 0. The smallest absolute Gasteiger partial charge is 0.243 e. The molecule has 0 aromatic heterocycles. The van der Waals surface area contributed by atoms with E-state index in [0.29, 0.717) is 31.1 Å². The van der Waals surface area contributed by atoms with Gasteiger partial charge in [0.25, 0.3) is 0 Å². The fourth-order valence-corrected chi connectivity index (χ4v) is 4.78. The standard InChI is InChI=1S/C20H32N4O3S.HI/c1-21-20(23(2)13-14-27-16-18-5-6-18)22-15-17-7-9-19(10-8-17)28(25,26)24-11-3-4-12-24;/h7-10,18H,3-6,11-16H2,1-2H3,(H,21,22);1H. The highest BCUT2D eigenvalue weighted by molar-refractivity contribution is 14.0. The first-order valence-corrected chi connectivity index (χ1v) is 11.5. The van der Waals surface area contributed by atoms with Gasteiger partial charge in [0, 0.05) is 46.9 Å². The number of nitrogens with one attached hydrogen (secondary N) is 1. The van der Waals surface area contributed by atoms with Crippen LogP contribution in [0.1, 0.15) is 31.2 Å². The van der Waals surface area contributed by atoms with Crippen LogP contribution in [0.5, 0.6) is 0 Å². The van der Waals surface area contributed by atoms with Gasteiger partial charge in [0.05, 0.1) is 11.5 Å². The second kappa shape index (κ2) is 11.5. The summed E-state index contributed by atoms with van der Waals surface area (Å²) in [7, 11) is 0.395. The molecule has 3 rings (SSSR count). The number of halogens is 1. The third-order valence-corrected chi connectivity index (χ3v) is 7.18. The Labute approximate surface area is 192 Å². The predicted octanol–water partition coefficient (Wildman–Crippen LogP) is 2.52. The Morgan fingerprint density at radius 2 is 1.90 bits per heavy atom. The van der Waals surface area contributed by atoms with Gasteiger partial charge >= 0.3 is 0 Å². The maximum absolute atomic E-state index is 12.6. The van der Waals surface area contributed by atoms with Crippen LogP contribution in [0.3, 0.4) is 0 Å². The molecule has 1 saturated heterocycles. The van der Waals surface area contributed by atoms with Crippen LogP contribution in [-0.2, 0) is 21.3 Å². The van der Waals surface area contributed by atoms with Crippen molar-refractivity contribution in [1.82, 2.24) is 14.5 Å². The molecule has 9 heteroatoms. The van der Waals surface area contributed by atoms with Crippen LogP contribution in [0.25, 0.3) is 0 Å². The number of nitrogens with zero attached hydrogens (tertiary/aromatic N) is 3. The summed E-state index contributed by atoms with van der Waals surface area (Å²) in [6.07, 6.45) is 4.49. The fourth-order valence-electron chi connectivity index (χ4n) is 3.26. The van der Waals surface area contributed by atoms with Crippen molar-refractivity contribution >= 4 is 40.0 Å². The lowest BCUT2D eigenvalue weighted by Gasteiger charge is -2.22. The predicted molar refractivity (Wildman–Crippen MR) is 126 cm³/mol. The highest BCUT2D eigenvalue weighted by Crippen LogP contribution is 2.28. The molecular formula is C20H33IN4O3S. The fraction of sp³-hybridized carbons (Fsp3) is 0.650. The van der Waals surface area contributed by atoms with E-state index in [1.165, 1.54) is 12.8 Å². The van der Waals surface area contributed by atoms with Crippen molar-refractivity contribution in [3.8, 4) is 0 Å². The summed E-state index contributed by atoms with van der Waals surface area (Å²) in [5.41, 5.74) is 1.01. The van der Waals surface area contributed by atoms with Gasteiger partial charge in [0.1, 0.15) is 0 Å². The van der Waals surface area contributed by atoms with Crippen molar-refractivity contribution in [2.45, 2.75) is 37.1 Å². The minimum atomic E-state index is -3.35. The van der Waals surface area contributed by atoms with Crippen molar-refractivity contribution in [2.24, 2.45) is 10.9 Å². The Balaban J connectivity index is 0.00000300. The molecule has 0 atom stereocenters. The lowest BCUT2D eigenvalue weighted by molar-refractivity contribution is 0.115. The highest BCUT2D eigenvalue weighted by atomic mass is 127. The zero-order valence-electron chi connectivity index (χ0n) is 17.3. The lowest BCUT2D eigenvalue weighted by Crippen LogP contribution is -2.40. The van der Waals surface area contributed by atoms with Crippen LogP contribution in [0.2, 0.25) is 0 Å². The lowest BCUT2D eigenvalue weighted by atomic mass is 10.2. The van der Waals surface area contributed by atoms with Gasteiger partial charge in [-0.15, -0.1) is 24.0 Å². The molecule has 0 amide bonds. The Bertz CT molecular complexity index is 760. The first kappa shape index (κ1) is 24.4. The summed E-state index contributed by atoms with van der Waals surface area (Å²) in [6.45, 7) is 4.17. The number of benzene rings is 1. The normalized spacial score (nSPS) is 17.8. The molecule has 1 aliphatic carbocycles. The Kier molecular flexibility index (Phi) is 9.64. The molecule has 1 aromatic rings. The van der Waals surface area contributed by atoms with Gasteiger partial charge < -0.3 is 15.0 Å². The molecule has 1 aliphatic heterocycles. The van der Waals surface area contributed by atoms with E-state index in [4.69, 9.17) is 4.74 Å². The van der Waals surface area contributed by atoms with Gasteiger partial charge in [-0.05, 0) is 49.3 Å². The zero-order chi connectivity index (χ0) is 20.0. The van der Waals surface area contributed by atoms with Crippen molar-refractivity contribution in [1.29, 1.82) is 0 Å². The molecule has 1 heterocycles. The number of hydrogen-bond acceptors (Lipinski definition) is 4. The van der Waals surface area contributed by atoms with Crippen LogP contribution in [-0.4, -0.2) is 70.5 Å². The number of ether oxygens (including phenoxy) is 1. The Morgan fingerprint density at radius 3 is 2.48 bits per heavy atom. The molecule has 0 bridgehead atoms. The van der Waals surface area contributed by atoms with Crippen LogP contribution >= 0.6 is 24.0 Å². The summed E-state index contributed by atoms with van der Waals surface area (Å²) in [4.78, 5) is 6.72. The van der Waals surface area contributed by atoms with Crippen molar-refractivity contribution in [2.75, 3.05) is 46.9 Å². The molecule has 0 radical (unpaired) electrons. The SMILES string of the molecule is CN=C(NCc1ccc(S(=O)(=O)N2CCCC2)cc1)N(C)CCOCC1CC1.I. The molecule has 0 spiro atoms. The van der Waals surface area contributed by atoms with Gasteiger partial charge in [-0.2, -0.15) is 4.31 Å². The van der Waals surface area contributed by atoms with Crippen LogP contribution in [0.15, 0.2) is 34.2 Å². The maximum atomic E-state index is 12.6. The molecule has 2 fully saturated rings. The first-order chi connectivity index (χ1) is 13.5. The number of rotatable bonds is 9. The average molecular weight is 536 g/mol. The zero-order valence-corrected chi connectivity index (χ0v) is 20.5. The first-order valence-electron chi connectivity index (χ1n) is 10.1. The van der Waals surface area contributed by atoms with E-state index in [0.717, 1.165) is 43.4 Å². The number of sulfonamides is 1. The van der Waals surface area contributed by atoms with E-state index in [-0.39, 0.29) is 24.0 Å². The average Bonchev–Trinajstić information content (AvgIpc) is 3.35. The van der Waals surface area contributed by atoms with E-state index < -0.39 is 10.0 Å². The van der Waals surface area contributed by atoms with E-state index in [2.05, 4.69) is 10.3 Å². The Hall–Kier alpha value is -0.910. The highest BCUT2D eigenvalue weighted by Gasteiger charge is 2.26. The van der Waals surface area contributed by atoms with Gasteiger partial charge in [-0.25, -0.2) is 8.42 Å². The molecule has 0 unspecified atom stereocenters. The van der Waals surface area contributed by atoms with Crippen LogP contribution in [0.4, 0.5) is 0 Å². The molecular weight excluding hydrogens is 503 g/mol. The van der Waals surface area contributed by atoms with Crippen LogP contribution in [0, 0.1) is 5.92 Å². The second-order valence-corrected chi connectivity index (χ2v) is 9.53. The summed E-state index contributed by atoms with van der Waals surface area (Å²) in [5, 5.41) is 3.32. The van der Waals surface area contributed by atoms with Gasteiger partial charge in [0.2, 0.25) is 10.0 Å². The van der Waals surface area contributed by atoms with Gasteiger partial charge in [0.15, 0.2) is 5.96 Å². The molecule has 164 valence electrons. The van der Waals surface area contributed by atoms with E-state index in [1.807, 2.05) is 24.1 Å². The van der Waals surface area contributed by atoms with Crippen molar-refractivity contribution in [3.63, 3.8) is 0 Å². The van der Waals surface area contributed by atoms with Crippen molar-refractivity contribution in [3.05, 3.63) is 29.8 Å². The van der Waals surface area contributed by atoms with E-state index in [9.17, 15) is 8.42 Å².